The molecule has 1 aromatic carbocycles. The number of hydrogen-bond acceptors (Lipinski definition) is 5. The number of aromatic nitrogens is 1. The van der Waals surface area contributed by atoms with Crippen molar-refractivity contribution >= 4 is 5.91 Å². The molecule has 0 saturated carbocycles. The van der Waals surface area contributed by atoms with Crippen LogP contribution in [0, 0.1) is 5.82 Å². The van der Waals surface area contributed by atoms with Crippen molar-refractivity contribution in [1.82, 2.24) is 14.8 Å². The highest BCUT2D eigenvalue weighted by Gasteiger charge is 2.25. The fraction of sp³-hybridized carbons (Fsp3) is 0.444. The zero-order valence-electron chi connectivity index (χ0n) is 14.4. The lowest BCUT2D eigenvalue weighted by Crippen LogP contribution is -2.39. The van der Waals surface area contributed by atoms with Crippen molar-refractivity contribution in [2.75, 3.05) is 27.2 Å². The van der Waals surface area contributed by atoms with E-state index in [-0.39, 0.29) is 24.0 Å². The molecule has 1 fully saturated rings. The molecule has 1 aliphatic heterocycles. The second-order valence-electron chi connectivity index (χ2n) is 6.33. The monoisotopic (exact) mass is 347 g/mol. The number of nitrogens with zero attached hydrogens (tertiary/aromatic N) is 3. The van der Waals surface area contributed by atoms with Crippen LogP contribution in [0.5, 0.6) is 5.75 Å². The first kappa shape index (κ1) is 17.4. The standard InChI is InChI=1S/C18H22FN3O3/c1-21-9-3-4-14(21)10-22(2)18(23)16-11-25-17(20-16)12-24-15-7-5-13(19)6-8-15/h5-8,11,14H,3-4,9-10,12H2,1-2H3/t14-/m1/s1. The topological polar surface area (TPSA) is 58.8 Å². The molecule has 7 heteroatoms. The van der Waals surface area contributed by atoms with Gasteiger partial charge in [-0.2, -0.15) is 0 Å². The van der Waals surface area contributed by atoms with Gasteiger partial charge in [-0.15, -0.1) is 0 Å². The molecule has 25 heavy (non-hydrogen) atoms. The van der Waals surface area contributed by atoms with E-state index in [0.717, 1.165) is 19.4 Å². The van der Waals surface area contributed by atoms with E-state index in [0.29, 0.717) is 24.2 Å². The molecule has 0 N–H and O–H groups in total. The van der Waals surface area contributed by atoms with E-state index in [1.54, 1.807) is 11.9 Å². The summed E-state index contributed by atoms with van der Waals surface area (Å²) in [6.45, 7) is 1.82. The quantitative estimate of drug-likeness (QED) is 0.804. The Kier molecular flexibility index (Phi) is 5.33. The van der Waals surface area contributed by atoms with E-state index < -0.39 is 0 Å². The van der Waals surface area contributed by atoms with Gasteiger partial charge in [-0.3, -0.25) is 4.79 Å². The molecule has 2 heterocycles. The summed E-state index contributed by atoms with van der Waals surface area (Å²) in [5, 5.41) is 0. The number of ether oxygens (including phenoxy) is 1. The molecule has 1 amide bonds. The first-order chi connectivity index (χ1) is 12.0. The summed E-state index contributed by atoms with van der Waals surface area (Å²) in [7, 11) is 3.86. The summed E-state index contributed by atoms with van der Waals surface area (Å²) < 4.78 is 23.6. The molecule has 1 aliphatic rings. The molecule has 1 atom stereocenters. The number of halogens is 1. The fourth-order valence-electron chi connectivity index (χ4n) is 2.96. The minimum atomic E-state index is -0.327. The molecule has 6 nitrogen and oxygen atoms in total. The Bertz CT molecular complexity index is 717. The minimum Gasteiger partial charge on any atom is -0.484 e. The number of carbonyl (C=O) groups excluding carboxylic acids is 1. The maximum absolute atomic E-state index is 12.9. The Morgan fingerprint density at radius 2 is 2.20 bits per heavy atom. The first-order valence-electron chi connectivity index (χ1n) is 8.31. The highest BCUT2D eigenvalue weighted by Crippen LogP contribution is 2.17. The maximum atomic E-state index is 12.9. The van der Waals surface area contributed by atoms with Gasteiger partial charge in [-0.1, -0.05) is 0 Å². The Labute approximate surface area is 146 Å². The number of carbonyl (C=O) groups is 1. The minimum absolute atomic E-state index is 0.0774. The van der Waals surface area contributed by atoms with E-state index in [9.17, 15) is 9.18 Å². The molecule has 0 bridgehead atoms. The van der Waals surface area contributed by atoms with Crippen molar-refractivity contribution in [2.24, 2.45) is 0 Å². The third kappa shape index (κ3) is 4.36. The Hall–Kier alpha value is -2.41. The van der Waals surface area contributed by atoms with Crippen LogP contribution in [-0.2, 0) is 6.61 Å². The van der Waals surface area contributed by atoms with Crippen molar-refractivity contribution in [1.29, 1.82) is 0 Å². The van der Waals surface area contributed by atoms with Gasteiger partial charge in [0.25, 0.3) is 5.91 Å². The zero-order chi connectivity index (χ0) is 17.8. The number of hydrogen-bond donors (Lipinski definition) is 0. The average Bonchev–Trinajstić information content (AvgIpc) is 3.23. The van der Waals surface area contributed by atoms with Crippen molar-refractivity contribution < 1.29 is 18.3 Å². The largest absolute Gasteiger partial charge is 0.484 e. The normalized spacial score (nSPS) is 17.6. The highest BCUT2D eigenvalue weighted by molar-refractivity contribution is 5.91. The number of likely N-dealkylation sites (N-methyl/N-ethyl adjacent to an activating group) is 2. The molecule has 2 aromatic rings. The molecule has 1 aromatic heterocycles. The van der Waals surface area contributed by atoms with E-state index in [4.69, 9.17) is 9.15 Å². The van der Waals surface area contributed by atoms with Crippen LogP contribution in [0.4, 0.5) is 4.39 Å². The molecular weight excluding hydrogens is 325 g/mol. The van der Waals surface area contributed by atoms with Gasteiger partial charge in [0.15, 0.2) is 12.3 Å². The third-order valence-corrected chi connectivity index (χ3v) is 4.45. The van der Waals surface area contributed by atoms with Crippen LogP contribution < -0.4 is 4.74 Å². The second kappa shape index (κ2) is 7.65. The van der Waals surface area contributed by atoms with Crippen LogP contribution >= 0.6 is 0 Å². The summed E-state index contributed by atoms with van der Waals surface area (Å²) in [5.74, 6) is 0.317. The van der Waals surface area contributed by atoms with E-state index in [1.165, 1.54) is 30.5 Å². The summed E-state index contributed by atoms with van der Waals surface area (Å²) in [5.41, 5.74) is 0.265. The Balaban J connectivity index is 1.54. The third-order valence-electron chi connectivity index (χ3n) is 4.45. The number of oxazole rings is 1. The lowest BCUT2D eigenvalue weighted by Gasteiger charge is -2.25. The SMILES string of the molecule is CN(C[C@H]1CCCN1C)C(=O)c1coc(COc2ccc(F)cc2)n1. The molecule has 0 aliphatic carbocycles. The van der Waals surface area contributed by atoms with Crippen molar-refractivity contribution in [2.45, 2.75) is 25.5 Å². The average molecular weight is 347 g/mol. The summed E-state index contributed by atoms with van der Waals surface area (Å²) in [4.78, 5) is 20.6. The molecule has 3 rings (SSSR count). The lowest BCUT2D eigenvalue weighted by atomic mass is 10.2. The van der Waals surface area contributed by atoms with Gasteiger partial charge >= 0.3 is 0 Å². The summed E-state index contributed by atoms with van der Waals surface area (Å²) in [6.07, 6.45) is 3.61. The van der Waals surface area contributed by atoms with E-state index in [1.807, 2.05) is 0 Å². The van der Waals surface area contributed by atoms with Gasteiger partial charge in [0, 0.05) is 19.6 Å². The zero-order valence-corrected chi connectivity index (χ0v) is 14.4. The van der Waals surface area contributed by atoms with Crippen LogP contribution in [-0.4, -0.2) is 53.9 Å². The predicted octanol–water partition coefficient (Wildman–Crippen LogP) is 2.56. The highest BCUT2D eigenvalue weighted by atomic mass is 19.1. The van der Waals surface area contributed by atoms with Gasteiger partial charge in [-0.05, 0) is 50.7 Å². The number of amides is 1. The van der Waals surface area contributed by atoms with Crippen molar-refractivity contribution in [3.63, 3.8) is 0 Å². The van der Waals surface area contributed by atoms with Crippen molar-refractivity contribution in [3.05, 3.63) is 47.9 Å². The summed E-state index contributed by atoms with van der Waals surface area (Å²) in [6, 6.07) is 6.07. The van der Waals surface area contributed by atoms with Crippen LogP contribution in [0.25, 0.3) is 0 Å². The van der Waals surface area contributed by atoms with Crippen molar-refractivity contribution in [3.8, 4) is 5.75 Å². The Morgan fingerprint density at radius 3 is 2.88 bits per heavy atom. The smallest absolute Gasteiger partial charge is 0.275 e. The van der Waals surface area contributed by atoms with Crippen LogP contribution in [0.15, 0.2) is 34.9 Å². The Morgan fingerprint density at radius 1 is 1.44 bits per heavy atom. The van der Waals surface area contributed by atoms with Gasteiger partial charge < -0.3 is 19.0 Å². The van der Waals surface area contributed by atoms with Gasteiger partial charge in [0.05, 0.1) is 0 Å². The molecule has 134 valence electrons. The van der Waals surface area contributed by atoms with Gasteiger partial charge in [0.2, 0.25) is 5.89 Å². The lowest BCUT2D eigenvalue weighted by molar-refractivity contribution is 0.0755. The predicted molar refractivity (Wildman–Crippen MR) is 89.8 cm³/mol. The number of benzene rings is 1. The first-order valence-corrected chi connectivity index (χ1v) is 8.31. The van der Waals surface area contributed by atoms with Crippen LogP contribution in [0.1, 0.15) is 29.2 Å². The van der Waals surface area contributed by atoms with E-state index in [2.05, 4.69) is 16.9 Å². The molecule has 0 radical (unpaired) electrons. The summed E-state index contributed by atoms with van der Waals surface area (Å²) >= 11 is 0. The molecular formula is C18H22FN3O3. The maximum Gasteiger partial charge on any atom is 0.275 e. The van der Waals surface area contributed by atoms with Gasteiger partial charge in [-0.25, -0.2) is 9.37 Å². The number of rotatable bonds is 6. The van der Waals surface area contributed by atoms with Gasteiger partial charge in [0.1, 0.15) is 17.8 Å². The van der Waals surface area contributed by atoms with E-state index >= 15 is 0 Å². The molecule has 1 saturated heterocycles. The fourth-order valence-corrected chi connectivity index (χ4v) is 2.96. The number of likely N-dealkylation sites (tertiary alicyclic amines) is 1. The molecule has 0 spiro atoms. The van der Waals surface area contributed by atoms with Crippen LogP contribution in [0.3, 0.4) is 0 Å². The second-order valence-corrected chi connectivity index (χ2v) is 6.33. The molecule has 0 unspecified atom stereocenters. The van der Waals surface area contributed by atoms with Crippen LogP contribution in [0.2, 0.25) is 0 Å².